The van der Waals surface area contributed by atoms with Crippen molar-refractivity contribution < 1.29 is 9.47 Å². The molecule has 0 N–H and O–H groups in total. The van der Waals surface area contributed by atoms with E-state index >= 15 is 0 Å². The van der Waals surface area contributed by atoms with Crippen molar-refractivity contribution in [3.63, 3.8) is 0 Å². The Balaban J connectivity index is 1.41. The standard InChI is InChI=1S/C25H28N6O2/c1-16(2)31-25(27-15-28-31)21-14-30-9-10-33-23-12-19(26-13-20(23)24(30)29-21)8-7-18-6-5-17(3)22(11-18)32-4/h5-6,11-16H,7-10H2,1-4H3. The molecule has 8 heteroatoms. The number of hydrogen-bond acceptors (Lipinski definition) is 6. The van der Waals surface area contributed by atoms with Gasteiger partial charge in [0.05, 0.1) is 19.2 Å². The fraction of sp³-hybridized carbons (Fsp3) is 0.360. The second-order valence-corrected chi connectivity index (χ2v) is 8.59. The van der Waals surface area contributed by atoms with Crippen LogP contribution in [0.1, 0.15) is 36.7 Å². The van der Waals surface area contributed by atoms with Crippen LogP contribution in [0.4, 0.5) is 0 Å². The van der Waals surface area contributed by atoms with Gasteiger partial charge >= 0.3 is 0 Å². The fourth-order valence-corrected chi connectivity index (χ4v) is 4.17. The summed E-state index contributed by atoms with van der Waals surface area (Å²) in [5.41, 5.74) is 5.06. The highest BCUT2D eigenvalue weighted by molar-refractivity contribution is 5.67. The Bertz CT molecular complexity index is 1290. The third-order valence-corrected chi connectivity index (χ3v) is 5.96. The van der Waals surface area contributed by atoms with Crippen LogP contribution >= 0.6 is 0 Å². The van der Waals surface area contributed by atoms with E-state index in [1.54, 1.807) is 13.4 Å². The molecule has 0 unspecified atom stereocenters. The van der Waals surface area contributed by atoms with E-state index in [0.29, 0.717) is 13.2 Å². The van der Waals surface area contributed by atoms with E-state index in [1.807, 2.05) is 23.1 Å². The van der Waals surface area contributed by atoms with Gasteiger partial charge in [-0.3, -0.25) is 4.98 Å². The number of hydrogen-bond donors (Lipinski definition) is 0. The van der Waals surface area contributed by atoms with Crippen LogP contribution in [0.5, 0.6) is 11.5 Å². The van der Waals surface area contributed by atoms with Crippen molar-refractivity contribution in [3.8, 4) is 34.4 Å². The first-order valence-electron chi connectivity index (χ1n) is 11.3. The van der Waals surface area contributed by atoms with E-state index < -0.39 is 0 Å². The van der Waals surface area contributed by atoms with Gasteiger partial charge in [-0.15, -0.1) is 0 Å². The SMILES string of the molecule is COc1cc(CCc2cc3c(cn2)-c2nc(-c4ncnn4C(C)C)cn2CCO3)ccc1C. The van der Waals surface area contributed by atoms with Crippen LogP contribution in [-0.2, 0) is 19.4 Å². The smallest absolute Gasteiger partial charge is 0.178 e. The van der Waals surface area contributed by atoms with Crippen LogP contribution in [-0.4, -0.2) is 43.0 Å². The summed E-state index contributed by atoms with van der Waals surface area (Å²) in [6, 6.07) is 8.59. The summed E-state index contributed by atoms with van der Waals surface area (Å²) < 4.78 is 15.5. The Morgan fingerprint density at radius 2 is 2.00 bits per heavy atom. The Kier molecular flexibility index (Phi) is 5.58. The third kappa shape index (κ3) is 4.08. The summed E-state index contributed by atoms with van der Waals surface area (Å²) in [6.07, 6.45) is 7.18. The average Bonchev–Trinajstić information content (AvgIpc) is 3.43. The minimum atomic E-state index is 0.206. The molecule has 170 valence electrons. The number of benzene rings is 1. The molecular weight excluding hydrogens is 416 g/mol. The van der Waals surface area contributed by atoms with Gasteiger partial charge in [-0.25, -0.2) is 14.6 Å². The monoisotopic (exact) mass is 444 g/mol. The van der Waals surface area contributed by atoms with Gasteiger partial charge in [0, 0.05) is 30.2 Å². The molecule has 5 rings (SSSR count). The van der Waals surface area contributed by atoms with Crippen LogP contribution in [0.15, 0.2) is 43.0 Å². The summed E-state index contributed by atoms with van der Waals surface area (Å²) in [5, 5.41) is 4.35. The molecule has 0 aliphatic carbocycles. The van der Waals surface area contributed by atoms with Crippen LogP contribution in [0.2, 0.25) is 0 Å². The average molecular weight is 445 g/mol. The number of imidazole rings is 1. The quantitative estimate of drug-likeness (QED) is 0.442. The van der Waals surface area contributed by atoms with Gasteiger partial charge in [0.25, 0.3) is 0 Å². The number of aryl methyl sites for hydroxylation is 3. The van der Waals surface area contributed by atoms with Crippen molar-refractivity contribution in [2.75, 3.05) is 13.7 Å². The number of methoxy groups -OCH3 is 1. The zero-order valence-corrected chi connectivity index (χ0v) is 19.4. The van der Waals surface area contributed by atoms with Crippen molar-refractivity contribution >= 4 is 0 Å². The molecule has 0 atom stereocenters. The molecule has 0 radical (unpaired) electrons. The molecule has 0 bridgehead atoms. The van der Waals surface area contributed by atoms with Gasteiger partial charge in [0.15, 0.2) is 5.82 Å². The van der Waals surface area contributed by atoms with Gasteiger partial charge in [-0.2, -0.15) is 5.10 Å². The molecule has 1 aromatic carbocycles. The zero-order valence-electron chi connectivity index (χ0n) is 19.4. The Morgan fingerprint density at radius 1 is 1.12 bits per heavy atom. The molecule has 0 spiro atoms. The first kappa shape index (κ1) is 21.2. The maximum atomic E-state index is 6.07. The molecule has 0 amide bonds. The second-order valence-electron chi connectivity index (χ2n) is 8.59. The molecule has 3 aromatic heterocycles. The van der Waals surface area contributed by atoms with Crippen molar-refractivity contribution in [1.29, 1.82) is 0 Å². The van der Waals surface area contributed by atoms with Gasteiger partial charge < -0.3 is 14.0 Å². The highest BCUT2D eigenvalue weighted by Crippen LogP contribution is 2.34. The zero-order chi connectivity index (χ0) is 22.9. The fourth-order valence-electron chi connectivity index (χ4n) is 4.17. The largest absolute Gasteiger partial charge is 0.496 e. The van der Waals surface area contributed by atoms with Crippen molar-refractivity contribution in [2.24, 2.45) is 0 Å². The molecule has 4 aromatic rings. The van der Waals surface area contributed by atoms with Crippen molar-refractivity contribution in [3.05, 3.63) is 59.8 Å². The minimum Gasteiger partial charge on any atom is -0.496 e. The van der Waals surface area contributed by atoms with E-state index in [-0.39, 0.29) is 6.04 Å². The maximum absolute atomic E-state index is 6.07. The number of nitrogens with zero attached hydrogens (tertiary/aromatic N) is 6. The first-order chi connectivity index (χ1) is 16.0. The first-order valence-corrected chi connectivity index (χ1v) is 11.3. The number of rotatable bonds is 6. The second kappa shape index (κ2) is 8.69. The number of pyridine rings is 1. The third-order valence-electron chi connectivity index (χ3n) is 5.96. The highest BCUT2D eigenvalue weighted by atomic mass is 16.5. The molecule has 33 heavy (non-hydrogen) atoms. The highest BCUT2D eigenvalue weighted by Gasteiger charge is 2.22. The predicted octanol–water partition coefficient (Wildman–Crippen LogP) is 4.28. The normalized spacial score (nSPS) is 12.8. The number of fused-ring (bicyclic) bond motifs is 3. The molecule has 0 fully saturated rings. The lowest BCUT2D eigenvalue weighted by molar-refractivity contribution is 0.306. The maximum Gasteiger partial charge on any atom is 0.178 e. The van der Waals surface area contributed by atoms with E-state index in [1.165, 1.54) is 5.56 Å². The van der Waals surface area contributed by atoms with E-state index in [0.717, 1.165) is 58.5 Å². The summed E-state index contributed by atoms with van der Waals surface area (Å²) in [7, 11) is 1.71. The van der Waals surface area contributed by atoms with Crippen LogP contribution in [0, 0.1) is 6.92 Å². The Hall–Kier alpha value is -3.68. The van der Waals surface area contributed by atoms with Gasteiger partial charge in [0.1, 0.15) is 36.0 Å². The topological polar surface area (TPSA) is 79.9 Å². The molecule has 0 saturated carbocycles. The lowest BCUT2D eigenvalue weighted by atomic mass is 10.0. The lowest BCUT2D eigenvalue weighted by Gasteiger charge is -2.10. The van der Waals surface area contributed by atoms with Crippen LogP contribution in [0.25, 0.3) is 22.9 Å². The summed E-state index contributed by atoms with van der Waals surface area (Å²) >= 11 is 0. The lowest BCUT2D eigenvalue weighted by Crippen LogP contribution is -2.06. The van der Waals surface area contributed by atoms with Gasteiger partial charge in [-0.05, 0) is 50.8 Å². The molecule has 1 aliphatic heterocycles. The summed E-state index contributed by atoms with van der Waals surface area (Å²) in [4.78, 5) is 14.1. The summed E-state index contributed by atoms with van der Waals surface area (Å²) in [5.74, 6) is 3.36. The number of ether oxygens (including phenoxy) is 2. The molecule has 0 saturated heterocycles. The Labute approximate surface area is 193 Å². The van der Waals surface area contributed by atoms with Gasteiger partial charge in [0.2, 0.25) is 0 Å². The molecular formula is C25H28N6O2. The molecule has 8 nitrogen and oxygen atoms in total. The number of aromatic nitrogens is 6. The molecule has 1 aliphatic rings. The van der Waals surface area contributed by atoms with E-state index in [9.17, 15) is 0 Å². The van der Waals surface area contributed by atoms with Crippen molar-refractivity contribution in [1.82, 2.24) is 29.3 Å². The van der Waals surface area contributed by atoms with E-state index in [2.05, 4.69) is 53.6 Å². The molecule has 4 heterocycles. The minimum absolute atomic E-state index is 0.206. The Morgan fingerprint density at radius 3 is 2.82 bits per heavy atom. The predicted molar refractivity (Wildman–Crippen MR) is 125 cm³/mol. The van der Waals surface area contributed by atoms with Crippen LogP contribution < -0.4 is 9.47 Å². The van der Waals surface area contributed by atoms with E-state index in [4.69, 9.17) is 19.4 Å². The summed E-state index contributed by atoms with van der Waals surface area (Å²) in [6.45, 7) is 7.51. The van der Waals surface area contributed by atoms with Crippen molar-refractivity contribution in [2.45, 2.75) is 46.2 Å². The van der Waals surface area contributed by atoms with Gasteiger partial charge in [-0.1, -0.05) is 12.1 Å². The van der Waals surface area contributed by atoms with Crippen LogP contribution in [0.3, 0.4) is 0 Å².